The van der Waals surface area contributed by atoms with Crippen LogP contribution in [0.4, 0.5) is 0 Å². The van der Waals surface area contributed by atoms with Gasteiger partial charge in [-0.3, -0.25) is 4.99 Å². The van der Waals surface area contributed by atoms with Gasteiger partial charge in [0.15, 0.2) is 0 Å². The Labute approximate surface area is 46.3 Å². The van der Waals surface area contributed by atoms with Crippen LogP contribution in [0.3, 0.4) is 0 Å². The maximum Gasteiger partial charge on any atom is 0.107 e. The van der Waals surface area contributed by atoms with Crippen molar-refractivity contribution in [3.63, 3.8) is 0 Å². The van der Waals surface area contributed by atoms with E-state index in [-0.39, 0.29) is 0 Å². The summed E-state index contributed by atoms with van der Waals surface area (Å²) in [5.74, 6) is 0.823. The molecule has 0 saturated heterocycles. The van der Waals surface area contributed by atoms with E-state index >= 15 is 0 Å². The molecule has 0 atom stereocenters. The molecule has 0 aromatic carbocycles. The van der Waals surface area contributed by atoms with E-state index in [2.05, 4.69) is 17.8 Å². The van der Waals surface area contributed by atoms with Gasteiger partial charge in [-0.2, -0.15) is 0 Å². The molecule has 1 aliphatic heterocycles. The van der Waals surface area contributed by atoms with E-state index in [1.54, 1.807) is 22.0 Å². The molecule has 0 N–H and O–H groups in total. The fourth-order valence-electron chi connectivity index (χ4n) is 0.229. The van der Waals surface area contributed by atoms with Crippen molar-refractivity contribution >= 4 is 31.1 Å². The Morgan fingerprint density at radius 1 is 2.00 bits per heavy atom. The molecule has 6 heavy (non-hydrogen) atoms. The zero-order valence-corrected chi connectivity index (χ0v) is 4.75. The molecule has 0 radical (unpaired) electrons. The lowest BCUT2D eigenvalue weighted by atomic mass is 11.3. The second kappa shape index (κ2) is 1.75. The van der Waals surface area contributed by atoms with E-state index in [4.69, 9.17) is 0 Å². The second-order valence-electron chi connectivity index (χ2n) is 0.859. The van der Waals surface area contributed by atoms with Gasteiger partial charge in [0.05, 0.1) is 0 Å². The van der Waals surface area contributed by atoms with Gasteiger partial charge >= 0.3 is 0 Å². The van der Waals surface area contributed by atoms with Gasteiger partial charge in [-0.05, 0) is 11.9 Å². The number of nitrogens with zero attached hydrogens (tertiary/aromatic N) is 2. The monoisotopic (exact) mass is 120 g/mol. The molecule has 4 heteroatoms. The Balaban J connectivity index is 2.38. The van der Waals surface area contributed by atoms with E-state index in [9.17, 15) is 0 Å². The highest BCUT2D eigenvalue weighted by atomic mass is 32.2. The smallest absolute Gasteiger partial charge is 0.107 e. The van der Waals surface area contributed by atoms with Gasteiger partial charge in [0.2, 0.25) is 0 Å². The molecular formula is C2H4N2S2. The van der Waals surface area contributed by atoms with Gasteiger partial charge in [-0.1, -0.05) is 12.8 Å². The third-order valence-corrected chi connectivity index (χ3v) is 1.52. The van der Waals surface area contributed by atoms with Crippen LogP contribution in [-0.2, 0) is 0 Å². The van der Waals surface area contributed by atoms with Crippen LogP contribution in [0.2, 0.25) is 0 Å². The summed E-state index contributed by atoms with van der Waals surface area (Å²) in [6, 6.07) is 0. The van der Waals surface area contributed by atoms with E-state index < -0.39 is 0 Å². The van der Waals surface area contributed by atoms with Gasteiger partial charge in [0, 0.05) is 0 Å². The van der Waals surface area contributed by atoms with Crippen LogP contribution in [0.1, 0.15) is 0 Å². The van der Waals surface area contributed by atoms with Crippen LogP contribution in [0.25, 0.3) is 0 Å². The summed E-state index contributed by atoms with van der Waals surface area (Å²) in [6.45, 7) is 0. The van der Waals surface area contributed by atoms with Gasteiger partial charge < -0.3 is 0 Å². The summed E-state index contributed by atoms with van der Waals surface area (Å²) >= 11 is 5.51. The Morgan fingerprint density at radius 2 is 2.83 bits per heavy atom. The van der Waals surface area contributed by atoms with Crippen molar-refractivity contribution in [3.05, 3.63) is 0 Å². The summed E-state index contributed by atoms with van der Waals surface area (Å²) in [5, 5.41) is 0. The van der Waals surface area contributed by atoms with E-state index in [0.29, 0.717) is 0 Å². The minimum absolute atomic E-state index is 0.823. The normalized spacial score (nSPS) is 19.8. The van der Waals surface area contributed by atoms with Crippen molar-refractivity contribution in [1.29, 1.82) is 0 Å². The highest BCUT2D eigenvalue weighted by molar-refractivity contribution is 8.06. The summed E-state index contributed by atoms with van der Waals surface area (Å²) in [6.07, 6.45) is 1.69. The zero-order valence-electron chi connectivity index (χ0n) is 3.03. The first kappa shape index (κ1) is 4.33. The van der Waals surface area contributed by atoms with Crippen molar-refractivity contribution in [2.75, 3.05) is 5.88 Å². The topological polar surface area (TPSA) is 15.6 Å². The Kier molecular flexibility index (Phi) is 1.26. The lowest BCUT2D eigenvalue weighted by Crippen LogP contribution is -1.88. The first-order valence-electron chi connectivity index (χ1n) is 1.50. The van der Waals surface area contributed by atoms with Gasteiger partial charge in [-0.25, -0.2) is 3.71 Å². The van der Waals surface area contributed by atoms with Crippen molar-refractivity contribution in [2.24, 2.45) is 4.99 Å². The van der Waals surface area contributed by atoms with Crippen LogP contribution in [0.5, 0.6) is 0 Å². The number of thiol groups is 1. The zero-order chi connectivity index (χ0) is 4.41. The van der Waals surface area contributed by atoms with Crippen LogP contribution in [0.15, 0.2) is 4.99 Å². The molecule has 0 spiro atoms. The lowest BCUT2D eigenvalue weighted by Gasteiger charge is -1.95. The number of rotatable bonds is 0. The van der Waals surface area contributed by atoms with E-state index in [1.165, 1.54) is 0 Å². The third-order valence-electron chi connectivity index (χ3n) is 0.445. The van der Waals surface area contributed by atoms with Crippen molar-refractivity contribution in [2.45, 2.75) is 0 Å². The average molecular weight is 120 g/mol. The van der Waals surface area contributed by atoms with Crippen molar-refractivity contribution in [3.8, 4) is 0 Å². The Morgan fingerprint density at radius 3 is 3.00 bits per heavy atom. The molecule has 1 heterocycles. The molecule has 0 unspecified atom stereocenters. The summed E-state index contributed by atoms with van der Waals surface area (Å²) in [4.78, 5) is 3.85. The van der Waals surface area contributed by atoms with E-state index in [0.717, 1.165) is 5.88 Å². The van der Waals surface area contributed by atoms with Crippen LogP contribution in [0, 0.1) is 0 Å². The van der Waals surface area contributed by atoms with Crippen molar-refractivity contribution in [1.82, 2.24) is 3.71 Å². The maximum atomic E-state index is 3.94. The minimum atomic E-state index is 0.823. The van der Waals surface area contributed by atoms with Gasteiger partial charge in [0.1, 0.15) is 12.2 Å². The highest BCUT2D eigenvalue weighted by Crippen LogP contribution is 2.14. The summed E-state index contributed by atoms with van der Waals surface area (Å²) < 4.78 is 1.68. The van der Waals surface area contributed by atoms with Gasteiger partial charge in [-0.15, -0.1) is 0 Å². The SMILES string of the molecule is SN1C=NCS1. The lowest BCUT2D eigenvalue weighted by molar-refractivity contribution is 1.23. The van der Waals surface area contributed by atoms with E-state index in [1.807, 2.05) is 0 Å². The molecule has 0 aromatic heterocycles. The number of hydrogen-bond donors (Lipinski definition) is 1. The molecule has 34 valence electrons. The molecule has 0 saturated carbocycles. The molecule has 0 fully saturated rings. The maximum absolute atomic E-state index is 3.94. The average Bonchev–Trinajstić information content (AvgIpc) is 1.86. The fraction of sp³-hybridized carbons (Fsp3) is 0.500. The number of hydrogen-bond acceptors (Lipinski definition) is 4. The molecule has 0 aromatic rings. The fourth-order valence-corrected chi connectivity index (χ4v) is 0.842. The quantitative estimate of drug-likeness (QED) is 0.375. The van der Waals surface area contributed by atoms with Crippen LogP contribution >= 0.6 is 24.8 Å². The molecule has 0 bridgehead atoms. The summed E-state index contributed by atoms with van der Waals surface area (Å²) in [5.41, 5.74) is 0. The standard InChI is InChI=1S/C2H4N2S2/c5-4-1-3-2-6-4/h1,5H,2H2. The molecule has 1 aliphatic rings. The van der Waals surface area contributed by atoms with Crippen LogP contribution in [-0.4, -0.2) is 15.9 Å². The number of aliphatic imine (C=N–C) groups is 1. The Hall–Kier alpha value is 0.170. The molecule has 2 nitrogen and oxygen atoms in total. The predicted molar refractivity (Wildman–Crippen MR) is 31.8 cm³/mol. The van der Waals surface area contributed by atoms with Crippen LogP contribution < -0.4 is 0 Å². The highest BCUT2D eigenvalue weighted by Gasteiger charge is 1.96. The third kappa shape index (κ3) is 0.815. The van der Waals surface area contributed by atoms with Gasteiger partial charge in [0.25, 0.3) is 0 Å². The molecular weight excluding hydrogens is 116 g/mol. The second-order valence-corrected chi connectivity index (χ2v) is 2.47. The largest absolute Gasteiger partial charge is 0.261 e. The summed E-state index contributed by atoms with van der Waals surface area (Å²) in [7, 11) is 0. The van der Waals surface area contributed by atoms with Crippen molar-refractivity contribution < 1.29 is 0 Å². The minimum Gasteiger partial charge on any atom is -0.261 e. The molecule has 1 rings (SSSR count). The molecule has 0 aliphatic carbocycles. The Bertz CT molecular complexity index is 71.9. The first-order chi connectivity index (χ1) is 2.89. The molecule has 0 amide bonds. The first-order valence-corrected chi connectivity index (χ1v) is 2.85. The predicted octanol–water partition coefficient (Wildman–Crippen LogP) is 0.781.